The number of aromatic hydroxyl groups is 1. The number of ether oxygens (including phenoxy) is 3. The number of pyridine rings is 1. The molecule has 8 nitrogen and oxygen atoms in total. The predicted molar refractivity (Wildman–Crippen MR) is 131 cm³/mol. The second kappa shape index (κ2) is 11.3. The lowest BCUT2D eigenvalue weighted by Crippen LogP contribution is -2.27. The van der Waals surface area contributed by atoms with Gasteiger partial charge in [-0.1, -0.05) is 25.1 Å². The van der Waals surface area contributed by atoms with E-state index in [1.807, 2.05) is 19.1 Å². The number of carbonyl (C=O) groups excluding carboxylic acids is 1. The molecule has 3 aromatic rings. The van der Waals surface area contributed by atoms with Crippen LogP contribution in [0.1, 0.15) is 46.0 Å². The first-order valence-electron chi connectivity index (χ1n) is 11.2. The molecule has 0 atom stereocenters. The summed E-state index contributed by atoms with van der Waals surface area (Å²) in [5, 5.41) is 20.7. The van der Waals surface area contributed by atoms with Gasteiger partial charge in [-0.3, -0.25) is 14.2 Å². The van der Waals surface area contributed by atoms with Crippen LogP contribution in [-0.2, 0) is 13.0 Å². The Morgan fingerprint density at radius 3 is 2.51 bits per heavy atom. The number of methoxy groups -OCH3 is 2. The number of ketones is 1. The van der Waals surface area contributed by atoms with Gasteiger partial charge in [-0.15, -0.1) is 0 Å². The SMILES string of the molecule is CCCOc1cccc(C(=O)c2c(C)c(C#N)c(=O)n(CCc3ccc(OC)c(OC)c3)c2O)c1. The van der Waals surface area contributed by atoms with Crippen LogP contribution in [0.15, 0.2) is 47.3 Å². The Kier molecular flexibility index (Phi) is 8.16. The van der Waals surface area contributed by atoms with Crippen LogP contribution in [0.25, 0.3) is 0 Å². The van der Waals surface area contributed by atoms with Gasteiger partial charge in [0.15, 0.2) is 17.3 Å². The van der Waals surface area contributed by atoms with E-state index in [1.54, 1.807) is 36.4 Å². The predicted octanol–water partition coefficient (Wildman–Crippen LogP) is 4.01. The van der Waals surface area contributed by atoms with Crippen molar-refractivity contribution < 1.29 is 24.1 Å². The minimum Gasteiger partial charge on any atom is -0.494 e. The second-order valence-electron chi connectivity index (χ2n) is 7.91. The number of aryl methyl sites for hydroxylation is 1. The molecule has 0 radical (unpaired) electrons. The van der Waals surface area contributed by atoms with Crippen LogP contribution in [-0.4, -0.2) is 36.3 Å². The molecule has 0 aliphatic heterocycles. The molecular formula is C27H28N2O6. The molecule has 0 amide bonds. The van der Waals surface area contributed by atoms with Gasteiger partial charge in [0.05, 0.1) is 26.4 Å². The molecule has 8 heteroatoms. The molecule has 1 heterocycles. The van der Waals surface area contributed by atoms with E-state index in [0.717, 1.165) is 16.6 Å². The van der Waals surface area contributed by atoms with Crippen molar-refractivity contribution in [3.63, 3.8) is 0 Å². The van der Waals surface area contributed by atoms with E-state index < -0.39 is 17.2 Å². The lowest BCUT2D eigenvalue weighted by Gasteiger charge is -2.16. The highest BCUT2D eigenvalue weighted by molar-refractivity contribution is 6.11. The van der Waals surface area contributed by atoms with Gasteiger partial charge in [0.1, 0.15) is 17.4 Å². The van der Waals surface area contributed by atoms with E-state index in [4.69, 9.17) is 14.2 Å². The van der Waals surface area contributed by atoms with Gasteiger partial charge >= 0.3 is 0 Å². The molecule has 2 aromatic carbocycles. The molecule has 182 valence electrons. The van der Waals surface area contributed by atoms with Gasteiger partial charge in [0.25, 0.3) is 5.56 Å². The van der Waals surface area contributed by atoms with Crippen LogP contribution in [0, 0.1) is 18.3 Å². The first-order chi connectivity index (χ1) is 16.9. The third kappa shape index (κ3) is 5.30. The number of benzene rings is 2. The maximum absolute atomic E-state index is 13.4. The number of hydrogen-bond donors (Lipinski definition) is 1. The monoisotopic (exact) mass is 476 g/mol. The van der Waals surface area contributed by atoms with Crippen LogP contribution in [0.3, 0.4) is 0 Å². The van der Waals surface area contributed by atoms with Gasteiger partial charge < -0.3 is 19.3 Å². The Balaban J connectivity index is 2.02. The normalized spacial score (nSPS) is 10.5. The quantitative estimate of drug-likeness (QED) is 0.440. The zero-order chi connectivity index (χ0) is 25.5. The lowest BCUT2D eigenvalue weighted by atomic mass is 9.97. The highest BCUT2D eigenvalue weighted by Crippen LogP contribution is 2.29. The molecule has 0 aliphatic rings. The standard InChI is InChI=1S/C27H28N2O6/c1-5-13-35-20-8-6-7-19(15-20)25(30)24-17(2)21(16-28)26(31)29(27(24)32)12-11-18-9-10-22(33-3)23(14-18)34-4/h6-10,14-15,32H,5,11-13H2,1-4H3. The van der Waals surface area contributed by atoms with Gasteiger partial charge in [0, 0.05) is 12.1 Å². The van der Waals surface area contributed by atoms with E-state index in [-0.39, 0.29) is 28.8 Å². The third-order valence-corrected chi connectivity index (χ3v) is 5.67. The molecule has 0 spiro atoms. The lowest BCUT2D eigenvalue weighted by molar-refractivity contribution is 0.103. The second-order valence-corrected chi connectivity index (χ2v) is 7.91. The smallest absolute Gasteiger partial charge is 0.271 e. The van der Waals surface area contributed by atoms with Crippen LogP contribution in [0.4, 0.5) is 0 Å². The number of hydrogen-bond acceptors (Lipinski definition) is 7. The van der Waals surface area contributed by atoms with Crippen molar-refractivity contribution in [3.8, 4) is 29.2 Å². The summed E-state index contributed by atoms with van der Waals surface area (Å²) in [7, 11) is 3.06. The molecule has 1 N–H and O–H groups in total. The summed E-state index contributed by atoms with van der Waals surface area (Å²) in [6.07, 6.45) is 1.16. The van der Waals surface area contributed by atoms with Crippen molar-refractivity contribution in [1.29, 1.82) is 5.26 Å². The average molecular weight is 477 g/mol. The molecule has 1 aromatic heterocycles. The fourth-order valence-electron chi connectivity index (χ4n) is 3.80. The van der Waals surface area contributed by atoms with Crippen LogP contribution in [0.5, 0.6) is 23.1 Å². The number of rotatable bonds is 10. The number of nitriles is 1. The van der Waals surface area contributed by atoms with Gasteiger partial charge in [-0.05, 0) is 55.2 Å². The van der Waals surface area contributed by atoms with Crippen LogP contribution in [0.2, 0.25) is 0 Å². The van der Waals surface area contributed by atoms with Crippen molar-refractivity contribution in [1.82, 2.24) is 4.57 Å². The summed E-state index contributed by atoms with van der Waals surface area (Å²) in [4.78, 5) is 26.4. The molecule has 0 saturated heterocycles. The summed E-state index contributed by atoms with van der Waals surface area (Å²) in [6.45, 7) is 4.02. The first-order valence-corrected chi connectivity index (χ1v) is 11.2. The van der Waals surface area contributed by atoms with E-state index in [9.17, 15) is 20.0 Å². The Hall–Kier alpha value is -4.25. The third-order valence-electron chi connectivity index (χ3n) is 5.67. The highest BCUT2D eigenvalue weighted by Gasteiger charge is 2.25. The Bertz CT molecular complexity index is 1340. The average Bonchev–Trinajstić information content (AvgIpc) is 2.87. The van der Waals surface area contributed by atoms with Crippen molar-refractivity contribution in [2.45, 2.75) is 33.2 Å². The zero-order valence-electron chi connectivity index (χ0n) is 20.3. The van der Waals surface area contributed by atoms with Crippen molar-refractivity contribution >= 4 is 5.78 Å². The Labute approximate surface area is 203 Å². The minimum absolute atomic E-state index is 0.0506. The molecule has 0 bridgehead atoms. The number of nitrogens with zero attached hydrogens (tertiary/aromatic N) is 2. The summed E-state index contributed by atoms with van der Waals surface area (Å²) in [5.74, 6) is 0.646. The number of aromatic nitrogens is 1. The molecule has 35 heavy (non-hydrogen) atoms. The maximum Gasteiger partial charge on any atom is 0.271 e. The largest absolute Gasteiger partial charge is 0.494 e. The van der Waals surface area contributed by atoms with Crippen molar-refractivity contribution in [2.75, 3.05) is 20.8 Å². The first kappa shape index (κ1) is 25.4. The molecule has 0 aliphatic carbocycles. The van der Waals surface area contributed by atoms with Gasteiger partial charge in [-0.25, -0.2) is 0 Å². The molecule has 0 saturated carbocycles. The molecular weight excluding hydrogens is 448 g/mol. The van der Waals surface area contributed by atoms with Gasteiger partial charge in [0.2, 0.25) is 5.88 Å². The molecule has 0 unspecified atom stereocenters. The van der Waals surface area contributed by atoms with Crippen molar-refractivity contribution in [3.05, 3.63) is 80.6 Å². The molecule has 0 fully saturated rings. The van der Waals surface area contributed by atoms with E-state index in [0.29, 0.717) is 30.3 Å². The van der Waals surface area contributed by atoms with E-state index >= 15 is 0 Å². The Morgan fingerprint density at radius 1 is 1.11 bits per heavy atom. The maximum atomic E-state index is 13.4. The molecule has 3 rings (SSSR count). The summed E-state index contributed by atoms with van der Waals surface area (Å²) in [5.41, 5.74) is 0.326. The summed E-state index contributed by atoms with van der Waals surface area (Å²) < 4.78 is 17.2. The van der Waals surface area contributed by atoms with Crippen LogP contribution < -0.4 is 19.8 Å². The van der Waals surface area contributed by atoms with E-state index in [1.165, 1.54) is 21.1 Å². The van der Waals surface area contributed by atoms with Crippen LogP contribution >= 0.6 is 0 Å². The fourth-order valence-corrected chi connectivity index (χ4v) is 3.80. The van der Waals surface area contributed by atoms with Gasteiger partial charge in [-0.2, -0.15) is 5.26 Å². The fraction of sp³-hybridized carbons (Fsp3) is 0.296. The van der Waals surface area contributed by atoms with E-state index in [2.05, 4.69) is 0 Å². The highest BCUT2D eigenvalue weighted by atomic mass is 16.5. The summed E-state index contributed by atoms with van der Waals surface area (Å²) >= 11 is 0. The number of carbonyl (C=O) groups is 1. The Morgan fingerprint density at radius 2 is 1.86 bits per heavy atom. The zero-order valence-corrected chi connectivity index (χ0v) is 20.3. The topological polar surface area (TPSA) is 111 Å². The van der Waals surface area contributed by atoms with Crippen molar-refractivity contribution in [2.24, 2.45) is 0 Å². The minimum atomic E-state index is -0.653. The summed E-state index contributed by atoms with van der Waals surface area (Å²) in [6, 6.07) is 13.8.